The van der Waals surface area contributed by atoms with Crippen LogP contribution < -0.4 is 0 Å². The molecule has 0 fully saturated rings. The van der Waals surface area contributed by atoms with Crippen LogP contribution in [-0.4, -0.2) is 17.7 Å². The van der Waals surface area contributed by atoms with Gasteiger partial charge < -0.3 is 9.84 Å². The molecule has 1 rings (SSSR count). The number of hydrogen-bond acceptors (Lipinski definition) is 3. The number of hydrogen-bond donors (Lipinski definition) is 1. The summed E-state index contributed by atoms with van der Waals surface area (Å²) in [6, 6.07) is 3.17. The molecule has 0 aliphatic rings. The van der Waals surface area contributed by atoms with Crippen molar-refractivity contribution in [3.63, 3.8) is 0 Å². The third-order valence-electron chi connectivity index (χ3n) is 3.35. The van der Waals surface area contributed by atoms with Gasteiger partial charge in [0.05, 0.1) is 5.92 Å². The zero-order valence-corrected chi connectivity index (χ0v) is 12.8. The van der Waals surface area contributed by atoms with Gasteiger partial charge in [-0.15, -0.1) is 0 Å². The highest BCUT2D eigenvalue weighted by Gasteiger charge is 2.36. The van der Waals surface area contributed by atoms with E-state index in [1.165, 1.54) is 6.07 Å². The predicted molar refractivity (Wildman–Crippen MR) is 75.5 cm³/mol. The monoisotopic (exact) mass is 300 g/mol. The lowest BCUT2D eigenvalue weighted by atomic mass is 9.86. The minimum atomic E-state index is -1.25. The summed E-state index contributed by atoms with van der Waals surface area (Å²) in [6.07, 6.45) is 0.241. The second-order valence-electron chi connectivity index (χ2n) is 5.92. The molecule has 1 aromatic carbocycles. The van der Waals surface area contributed by atoms with E-state index in [2.05, 4.69) is 0 Å². The zero-order chi connectivity index (χ0) is 16.2. The first-order chi connectivity index (χ1) is 9.69. The number of carbonyl (C=O) groups excluding carboxylic acids is 1. The molecule has 0 radical (unpaired) electrons. The van der Waals surface area contributed by atoms with Crippen molar-refractivity contribution in [2.75, 3.05) is 6.61 Å². The maximum Gasteiger partial charge on any atom is 0.309 e. The molecular weight excluding hydrogens is 278 g/mol. The van der Waals surface area contributed by atoms with Crippen molar-refractivity contribution >= 4 is 5.97 Å². The van der Waals surface area contributed by atoms with Crippen LogP contribution in [0.1, 0.15) is 39.7 Å². The predicted octanol–water partition coefficient (Wildman–Crippen LogP) is 3.40. The van der Waals surface area contributed by atoms with E-state index in [9.17, 15) is 18.7 Å². The Kier molecular flexibility index (Phi) is 5.84. The summed E-state index contributed by atoms with van der Waals surface area (Å²) in [6.45, 7) is 6.59. The Morgan fingerprint density at radius 3 is 2.43 bits per heavy atom. The maximum absolute atomic E-state index is 14.1. The highest BCUT2D eigenvalue weighted by molar-refractivity contribution is 5.72. The molecule has 5 heteroatoms. The lowest BCUT2D eigenvalue weighted by Crippen LogP contribution is -2.34. The summed E-state index contributed by atoms with van der Waals surface area (Å²) >= 11 is 0. The third-order valence-corrected chi connectivity index (χ3v) is 3.35. The molecule has 1 aromatic rings. The van der Waals surface area contributed by atoms with Gasteiger partial charge in [0, 0.05) is 18.2 Å². The fourth-order valence-electron chi connectivity index (χ4n) is 2.19. The average molecular weight is 300 g/mol. The molecule has 3 nitrogen and oxygen atoms in total. The normalized spacial score (nSPS) is 15.6. The van der Waals surface area contributed by atoms with Gasteiger partial charge in [-0.25, -0.2) is 8.78 Å². The Bertz CT molecular complexity index is 502. The number of halogens is 2. The van der Waals surface area contributed by atoms with Crippen molar-refractivity contribution < 1.29 is 23.4 Å². The number of esters is 1. The van der Waals surface area contributed by atoms with E-state index in [1.54, 1.807) is 27.7 Å². The van der Waals surface area contributed by atoms with Crippen LogP contribution in [0.5, 0.6) is 0 Å². The summed E-state index contributed by atoms with van der Waals surface area (Å²) in [7, 11) is 0. The van der Waals surface area contributed by atoms with Crippen molar-refractivity contribution in [3.05, 3.63) is 35.4 Å². The zero-order valence-electron chi connectivity index (χ0n) is 12.8. The summed E-state index contributed by atoms with van der Waals surface area (Å²) in [4.78, 5) is 11.9. The van der Waals surface area contributed by atoms with E-state index in [0.29, 0.717) is 0 Å². The second-order valence-corrected chi connectivity index (χ2v) is 5.92. The number of benzene rings is 1. The molecule has 0 aliphatic carbocycles. The van der Waals surface area contributed by atoms with Crippen LogP contribution in [0, 0.1) is 23.5 Å². The number of aliphatic hydroxyl groups excluding tert-OH is 1. The van der Waals surface area contributed by atoms with Gasteiger partial charge in [0.1, 0.15) is 17.2 Å². The van der Waals surface area contributed by atoms with Crippen molar-refractivity contribution in [1.82, 2.24) is 0 Å². The van der Waals surface area contributed by atoms with Crippen LogP contribution in [0.2, 0.25) is 0 Å². The molecule has 0 heterocycles. The van der Waals surface area contributed by atoms with Gasteiger partial charge >= 0.3 is 5.97 Å². The van der Waals surface area contributed by atoms with Gasteiger partial charge in [-0.2, -0.15) is 0 Å². The molecule has 0 saturated carbocycles. The minimum Gasteiger partial charge on any atom is -0.454 e. The maximum atomic E-state index is 14.1. The summed E-state index contributed by atoms with van der Waals surface area (Å²) < 4.78 is 32.6. The van der Waals surface area contributed by atoms with E-state index in [-0.39, 0.29) is 30.4 Å². The van der Waals surface area contributed by atoms with Crippen LogP contribution >= 0.6 is 0 Å². The first kappa shape index (κ1) is 17.6. The SMILES string of the molecule is CC(C)C(=O)O[C@@](C)(C[C@H](C)CO)c1ccc(F)cc1F. The van der Waals surface area contributed by atoms with E-state index < -0.39 is 23.2 Å². The largest absolute Gasteiger partial charge is 0.454 e. The Morgan fingerprint density at radius 2 is 1.95 bits per heavy atom. The van der Waals surface area contributed by atoms with E-state index in [0.717, 1.165) is 12.1 Å². The van der Waals surface area contributed by atoms with Crippen LogP contribution in [0.15, 0.2) is 18.2 Å². The number of carbonyl (C=O) groups is 1. The lowest BCUT2D eigenvalue weighted by Gasteiger charge is -2.33. The summed E-state index contributed by atoms with van der Waals surface area (Å²) in [5, 5.41) is 9.21. The highest BCUT2D eigenvalue weighted by atomic mass is 19.1. The number of rotatable bonds is 6. The number of ether oxygens (including phenoxy) is 1. The molecule has 0 amide bonds. The highest BCUT2D eigenvalue weighted by Crippen LogP contribution is 2.35. The Morgan fingerprint density at radius 1 is 1.33 bits per heavy atom. The first-order valence-electron chi connectivity index (χ1n) is 6.99. The van der Waals surface area contributed by atoms with Crippen molar-refractivity contribution in [1.29, 1.82) is 0 Å². The second kappa shape index (κ2) is 6.98. The van der Waals surface area contributed by atoms with Gasteiger partial charge in [-0.05, 0) is 31.4 Å². The van der Waals surface area contributed by atoms with Crippen LogP contribution in [-0.2, 0) is 15.1 Å². The van der Waals surface area contributed by atoms with E-state index >= 15 is 0 Å². The third kappa shape index (κ3) is 4.49. The molecule has 1 N–H and O–H groups in total. The molecule has 2 atom stereocenters. The summed E-state index contributed by atoms with van der Waals surface area (Å²) in [5.41, 5.74) is -1.14. The smallest absolute Gasteiger partial charge is 0.309 e. The molecule has 118 valence electrons. The standard InChI is InChI=1S/C16H22F2O3/c1-10(2)15(20)21-16(4,8-11(3)9-19)13-6-5-12(17)7-14(13)18/h5-7,10-11,19H,8-9H2,1-4H3/t11-,16-/m0/s1. The van der Waals surface area contributed by atoms with Gasteiger partial charge in [-0.1, -0.05) is 20.8 Å². The molecule has 0 spiro atoms. The summed E-state index contributed by atoms with van der Waals surface area (Å²) in [5.74, 6) is -2.48. The van der Waals surface area contributed by atoms with E-state index in [4.69, 9.17) is 4.74 Å². The van der Waals surface area contributed by atoms with Gasteiger partial charge in [0.25, 0.3) is 0 Å². The quantitative estimate of drug-likeness (QED) is 0.819. The fourth-order valence-corrected chi connectivity index (χ4v) is 2.19. The Labute approximate surface area is 123 Å². The van der Waals surface area contributed by atoms with Gasteiger partial charge in [-0.3, -0.25) is 4.79 Å². The molecule has 21 heavy (non-hydrogen) atoms. The Hall–Kier alpha value is -1.49. The Balaban J connectivity index is 3.19. The number of aliphatic hydroxyl groups is 1. The minimum absolute atomic E-state index is 0.109. The molecule has 0 aromatic heterocycles. The van der Waals surface area contributed by atoms with Crippen LogP contribution in [0.3, 0.4) is 0 Å². The van der Waals surface area contributed by atoms with Crippen LogP contribution in [0.25, 0.3) is 0 Å². The topological polar surface area (TPSA) is 46.5 Å². The molecular formula is C16H22F2O3. The average Bonchev–Trinajstić information content (AvgIpc) is 2.37. The molecule has 0 aliphatic heterocycles. The molecule has 0 saturated heterocycles. The van der Waals surface area contributed by atoms with Crippen molar-refractivity contribution in [3.8, 4) is 0 Å². The molecule has 0 unspecified atom stereocenters. The van der Waals surface area contributed by atoms with E-state index in [1.807, 2.05) is 0 Å². The van der Waals surface area contributed by atoms with Crippen LogP contribution in [0.4, 0.5) is 8.78 Å². The molecule has 0 bridgehead atoms. The van der Waals surface area contributed by atoms with Gasteiger partial charge in [0.2, 0.25) is 0 Å². The fraction of sp³-hybridized carbons (Fsp3) is 0.562. The van der Waals surface area contributed by atoms with Crippen molar-refractivity contribution in [2.45, 2.75) is 39.7 Å². The van der Waals surface area contributed by atoms with Crippen molar-refractivity contribution in [2.24, 2.45) is 11.8 Å². The first-order valence-corrected chi connectivity index (χ1v) is 6.99. The van der Waals surface area contributed by atoms with Gasteiger partial charge in [0.15, 0.2) is 0 Å². The lowest BCUT2D eigenvalue weighted by molar-refractivity contribution is -0.165.